The van der Waals surface area contributed by atoms with Gasteiger partial charge in [-0.3, -0.25) is 4.21 Å². The number of thiocarbonyl (C=S) groups is 1. The van der Waals surface area contributed by atoms with Crippen LogP contribution in [0.3, 0.4) is 0 Å². The second-order valence-corrected chi connectivity index (χ2v) is 6.90. The summed E-state index contributed by atoms with van der Waals surface area (Å²) in [5.74, 6) is 2.12. The van der Waals surface area contributed by atoms with Crippen LogP contribution in [0.15, 0.2) is 0 Å². The zero-order chi connectivity index (χ0) is 14.0. The van der Waals surface area contributed by atoms with E-state index in [1.54, 1.807) is 0 Å². The largest absolute Gasteiger partial charge is 0.389 e. The molecule has 2 heterocycles. The van der Waals surface area contributed by atoms with Crippen LogP contribution >= 0.6 is 12.2 Å². The highest BCUT2D eigenvalue weighted by Gasteiger charge is 2.21. The van der Waals surface area contributed by atoms with Crippen molar-refractivity contribution in [2.75, 3.05) is 16.8 Å². The fourth-order valence-corrected chi connectivity index (χ4v) is 3.69. The summed E-state index contributed by atoms with van der Waals surface area (Å²) >= 11 is 5.10. The van der Waals surface area contributed by atoms with Gasteiger partial charge in [0.05, 0.1) is 11.3 Å². The van der Waals surface area contributed by atoms with Gasteiger partial charge in [0, 0.05) is 28.3 Å². The molecule has 7 heteroatoms. The molecule has 1 aliphatic rings. The molecule has 0 saturated carbocycles. The van der Waals surface area contributed by atoms with E-state index in [1.807, 2.05) is 13.8 Å². The Labute approximate surface area is 120 Å². The fourth-order valence-electron chi connectivity index (χ4n) is 2.14. The maximum Gasteiger partial charge on any atom is 0.159 e. The summed E-state index contributed by atoms with van der Waals surface area (Å²) in [4.78, 5) is 0.331. The first-order valence-electron chi connectivity index (χ1n) is 6.24. The van der Waals surface area contributed by atoms with Crippen molar-refractivity contribution in [1.82, 2.24) is 10.2 Å². The van der Waals surface area contributed by atoms with Crippen LogP contribution in [0.4, 0.5) is 5.82 Å². The van der Waals surface area contributed by atoms with E-state index < -0.39 is 10.8 Å². The molecule has 1 aromatic rings. The Kier molecular flexibility index (Phi) is 4.46. The number of hydrogen-bond donors (Lipinski definition) is 2. The fraction of sp³-hybridized carbons (Fsp3) is 0.583. The summed E-state index contributed by atoms with van der Waals surface area (Å²) in [6.07, 6.45) is 1.75. The van der Waals surface area contributed by atoms with Gasteiger partial charge in [-0.25, -0.2) is 0 Å². The third kappa shape index (κ3) is 3.27. The summed E-state index contributed by atoms with van der Waals surface area (Å²) in [5, 5.41) is 11.6. The Morgan fingerprint density at radius 3 is 2.58 bits per heavy atom. The van der Waals surface area contributed by atoms with Gasteiger partial charge in [-0.1, -0.05) is 12.2 Å². The standard InChI is InChI=1S/C12H18N4OS2/c1-7-8(2)15-16-12(10(7)11(13)18)14-9-3-5-19(17)6-4-9/h9H,3-6H2,1-2H3,(H2,13,18)(H,14,16). The van der Waals surface area contributed by atoms with E-state index in [9.17, 15) is 4.21 Å². The lowest BCUT2D eigenvalue weighted by molar-refractivity contribution is 0.621. The number of anilines is 1. The molecule has 1 saturated heterocycles. The molecular formula is C12H18N4OS2. The first kappa shape index (κ1) is 14.3. The van der Waals surface area contributed by atoms with E-state index in [4.69, 9.17) is 18.0 Å². The lowest BCUT2D eigenvalue weighted by Gasteiger charge is -2.24. The number of aromatic nitrogens is 2. The number of hydrogen-bond acceptors (Lipinski definition) is 5. The number of aryl methyl sites for hydroxylation is 1. The van der Waals surface area contributed by atoms with Gasteiger partial charge in [0.2, 0.25) is 0 Å². The molecule has 3 N–H and O–H groups in total. The van der Waals surface area contributed by atoms with Crippen LogP contribution in [0.1, 0.15) is 29.7 Å². The monoisotopic (exact) mass is 298 g/mol. The lowest BCUT2D eigenvalue weighted by atomic mass is 10.1. The smallest absolute Gasteiger partial charge is 0.159 e. The molecule has 1 aromatic heterocycles. The molecule has 0 radical (unpaired) electrons. The third-order valence-corrected chi connectivity index (χ3v) is 5.02. The van der Waals surface area contributed by atoms with Crippen molar-refractivity contribution in [3.8, 4) is 0 Å². The van der Waals surface area contributed by atoms with Crippen molar-refractivity contribution in [1.29, 1.82) is 0 Å². The number of nitrogens with zero attached hydrogens (tertiary/aromatic N) is 2. The van der Waals surface area contributed by atoms with Gasteiger partial charge in [0.15, 0.2) is 5.82 Å². The van der Waals surface area contributed by atoms with Gasteiger partial charge < -0.3 is 11.1 Å². The summed E-state index contributed by atoms with van der Waals surface area (Å²) in [5.41, 5.74) is 8.35. The van der Waals surface area contributed by atoms with Gasteiger partial charge in [0.25, 0.3) is 0 Å². The van der Waals surface area contributed by atoms with E-state index in [0.29, 0.717) is 10.8 Å². The molecular weight excluding hydrogens is 280 g/mol. The van der Waals surface area contributed by atoms with E-state index in [-0.39, 0.29) is 6.04 Å². The Bertz CT molecular complexity index is 523. The second-order valence-electron chi connectivity index (χ2n) is 4.76. The van der Waals surface area contributed by atoms with Crippen molar-refractivity contribution >= 4 is 33.8 Å². The van der Waals surface area contributed by atoms with Crippen LogP contribution in [0.2, 0.25) is 0 Å². The summed E-state index contributed by atoms with van der Waals surface area (Å²) in [6, 6.07) is 0.266. The van der Waals surface area contributed by atoms with E-state index in [2.05, 4.69) is 15.5 Å². The van der Waals surface area contributed by atoms with Gasteiger partial charge in [0.1, 0.15) is 4.99 Å². The van der Waals surface area contributed by atoms with Gasteiger partial charge >= 0.3 is 0 Å². The number of rotatable bonds is 3. The summed E-state index contributed by atoms with van der Waals surface area (Å²) < 4.78 is 11.3. The average Bonchev–Trinajstić information content (AvgIpc) is 2.36. The normalized spacial score (nSPS) is 23.1. The van der Waals surface area contributed by atoms with Gasteiger partial charge in [-0.05, 0) is 32.3 Å². The van der Waals surface area contributed by atoms with Crippen LogP contribution in [-0.4, -0.2) is 36.9 Å². The third-order valence-electron chi connectivity index (χ3n) is 3.43. The van der Waals surface area contributed by atoms with Crippen LogP contribution in [0.5, 0.6) is 0 Å². The number of nitrogens with two attached hydrogens (primary N) is 1. The minimum Gasteiger partial charge on any atom is -0.389 e. The predicted molar refractivity (Wildman–Crippen MR) is 81.9 cm³/mol. The highest BCUT2D eigenvalue weighted by atomic mass is 32.2. The quantitative estimate of drug-likeness (QED) is 0.812. The van der Waals surface area contributed by atoms with Crippen LogP contribution in [0.25, 0.3) is 0 Å². The molecule has 2 rings (SSSR count). The van der Waals surface area contributed by atoms with Crippen LogP contribution in [-0.2, 0) is 10.8 Å². The van der Waals surface area contributed by atoms with E-state index in [1.165, 1.54) is 0 Å². The van der Waals surface area contributed by atoms with Crippen molar-refractivity contribution in [3.63, 3.8) is 0 Å². The van der Waals surface area contributed by atoms with Crippen molar-refractivity contribution in [2.45, 2.75) is 32.7 Å². The van der Waals surface area contributed by atoms with Gasteiger partial charge in [-0.2, -0.15) is 5.10 Å². The highest BCUT2D eigenvalue weighted by molar-refractivity contribution is 7.85. The first-order chi connectivity index (χ1) is 8.99. The maximum absolute atomic E-state index is 11.3. The van der Waals surface area contributed by atoms with Crippen LogP contribution < -0.4 is 11.1 Å². The Morgan fingerprint density at radius 1 is 1.37 bits per heavy atom. The van der Waals surface area contributed by atoms with Crippen molar-refractivity contribution in [2.24, 2.45) is 5.73 Å². The van der Waals surface area contributed by atoms with E-state index in [0.717, 1.165) is 41.2 Å². The molecule has 0 bridgehead atoms. The Morgan fingerprint density at radius 2 is 2.00 bits per heavy atom. The molecule has 1 fully saturated rings. The highest BCUT2D eigenvalue weighted by Crippen LogP contribution is 2.21. The summed E-state index contributed by atoms with van der Waals surface area (Å²) in [7, 11) is -0.668. The first-order valence-corrected chi connectivity index (χ1v) is 8.14. The summed E-state index contributed by atoms with van der Waals surface area (Å²) in [6.45, 7) is 3.83. The zero-order valence-electron chi connectivity index (χ0n) is 11.1. The lowest BCUT2D eigenvalue weighted by Crippen LogP contribution is -2.31. The van der Waals surface area contributed by atoms with Crippen LogP contribution in [0, 0.1) is 13.8 Å². The maximum atomic E-state index is 11.3. The second kappa shape index (κ2) is 5.92. The van der Waals surface area contributed by atoms with E-state index >= 15 is 0 Å². The molecule has 1 aliphatic heterocycles. The molecule has 0 aliphatic carbocycles. The number of nitrogens with one attached hydrogen (secondary N) is 1. The SMILES string of the molecule is Cc1nnc(NC2CCS(=O)CC2)c(C(N)=S)c1C. The van der Waals surface area contributed by atoms with Gasteiger partial charge in [-0.15, -0.1) is 5.10 Å². The molecule has 0 unspecified atom stereocenters. The minimum absolute atomic E-state index is 0.266. The van der Waals surface area contributed by atoms with Crippen molar-refractivity contribution in [3.05, 3.63) is 16.8 Å². The molecule has 0 spiro atoms. The Hall–Kier alpha value is -1.08. The van der Waals surface area contributed by atoms with Crippen molar-refractivity contribution < 1.29 is 4.21 Å². The molecule has 0 aromatic carbocycles. The predicted octanol–water partition coefficient (Wildman–Crippen LogP) is 1.05. The molecule has 5 nitrogen and oxygen atoms in total. The average molecular weight is 298 g/mol. The minimum atomic E-state index is -0.668. The molecule has 0 amide bonds. The zero-order valence-corrected chi connectivity index (χ0v) is 12.7. The molecule has 19 heavy (non-hydrogen) atoms. The molecule has 0 atom stereocenters. The Balaban J connectivity index is 2.23. The topological polar surface area (TPSA) is 80.9 Å². The molecule has 104 valence electrons.